The fourth-order valence-corrected chi connectivity index (χ4v) is 3.36. The highest BCUT2D eigenvalue weighted by atomic mass is 16.5. The van der Waals surface area contributed by atoms with E-state index in [1.54, 1.807) is 6.07 Å². The van der Waals surface area contributed by atoms with E-state index in [9.17, 15) is 9.59 Å². The molecule has 0 atom stereocenters. The van der Waals surface area contributed by atoms with Gasteiger partial charge in [0.05, 0.1) is 13.2 Å². The van der Waals surface area contributed by atoms with Gasteiger partial charge in [0.25, 0.3) is 0 Å². The van der Waals surface area contributed by atoms with Crippen molar-refractivity contribution in [3.63, 3.8) is 0 Å². The number of esters is 1. The Labute approximate surface area is 153 Å². The molecule has 6 heteroatoms. The van der Waals surface area contributed by atoms with Gasteiger partial charge in [-0.25, -0.2) is 4.79 Å². The van der Waals surface area contributed by atoms with Gasteiger partial charge < -0.3 is 9.15 Å². The molecule has 0 unspecified atom stereocenters. The van der Waals surface area contributed by atoms with Crippen LogP contribution in [0.3, 0.4) is 0 Å². The van der Waals surface area contributed by atoms with Crippen LogP contribution in [0.15, 0.2) is 33.5 Å². The van der Waals surface area contributed by atoms with E-state index in [1.165, 1.54) is 5.56 Å². The number of carbonyl (C=O) groups is 1. The van der Waals surface area contributed by atoms with Crippen LogP contribution in [-0.2, 0) is 22.5 Å². The zero-order valence-corrected chi connectivity index (χ0v) is 15.5. The van der Waals surface area contributed by atoms with Crippen LogP contribution in [0.25, 0.3) is 11.0 Å². The summed E-state index contributed by atoms with van der Waals surface area (Å²) in [4.78, 5) is 27.9. The normalized spacial score (nSPS) is 16.1. The highest BCUT2D eigenvalue weighted by Crippen LogP contribution is 2.21. The number of hydrogen-bond donors (Lipinski definition) is 0. The second-order valence-corrected chi connectivity index (χ2v) is 6.63. The van der Waals surface area contributed by atoms with Crippen molar-refractivity contribution in [3.05, 3.63) is 45.8 Å². The van der Waals surface area contributed by atoms with Gasteiger partial charge in [0, 0.05) is 44.2 Å². The summed E-state index contributed by atoms with van der Waals surface area (Å²) in [7, 11) is 0. The molecule has 2 heterocycles. The lowest BCUT2D eigenvalue weighted by Crippen LogP contribution is -2.47. The van der Waals surface area contributed by atoms with E-state index >= 15 is 0 Å². The Morgan fingerprint density at radius 1 is 1.12 bits per heavy atom. The van der Waals surface area contributed by atoms with Crippen LogP contribution in [0.1, 0.15) is 25.0 Å². The summed E-state index contributed by atoms with van der Waals surface area (Å²) < 4.78 is 10.4. The van der Waals surface area contributed by atoms with E-state index in [4.69, 9.17) is 9.15 Å². The van der Waals surface area contributed by atoms with Crippen LogP contribution in [0.2, 0.25) is 0 Å². The zero-order valence-electron chi connectivity index (χ0n) is 15.5. The molecule has 0 saturated carbocycles. The molecule has 1 saturated heterocycles. The van der Waals surface area contributed by atoms with E-state index in [2.05, 4.69) is 22.8 Å². The Balaban J connectivity index is 1.68. The molecule has 1 aromatic heterocycles. The minimum absolute atomic E-state index is 0.167. The van der Waals surface area contributed by atoms with E-state index in [0.29, 0.717) is 25.3 Å². The molecule has 1 aliphatic rings. The summed E-state index contributed by atoms with van der Waals surface area (Å²) in [6.45, 7) is 8.76. The maximum atomic E-state index is 11.9. The Kier molecular flexibility index (Phi) is 6.06. The molecule has 1 aliphatic heterocycles. The van der Waals surface area contributed by atoms with Gasteiger partial charge in [-0.1, -0.05) is 13.0 Å². The Bertz CT molecular complexity index is 822. The minimum atomic E-state index is -0.308. The molecule has 1 fully saturated rings. The molecular formula is C20H26N2O4. The first kappa shape index (κ1) is 18.6. The van der Waals surface area contributed by atoms with Crippen molar-refractivity contribution in [3.8, 4) is 0 Å². The second-order valence-electron chi connectivity index (χ2n) is 6.63. The third kappa shape index (κ3) is 4.51. The average Bonchev–Trinajstić information content (AvgIpc) is 2.63. The van der Waals surface area contributed by atoms with Gasteiger partial charge in [0.2, 0.25) is 0 Å². The van der Waals surface area contributed by atoms with Crippen LogP contribution in [0, 0.1) is 0 Å². The number of aryl methyl sites for hydroxylation is 1. The van der Waals surface area contributed by atoms with E-state index in [1.807, 2.05) is 19.1 Å². The van der Waals surface area contributed by atoms with Gasteiger partial charge in [0.1, 0.15) is 5.58 Å². The van der Waals surface area contributed by atoms with E-state index in [0.717, 1.165) is 43.5 Å². The number of fused-ring (bicyclic) bond motifs is 1. The van der Waals surface area contributed by atoms with Crippen molar-refractivity contribution < 1.29 is 13.9 Å². The SMILES string of the molecule is CCOC(=O)CN1CCN(Cc2cc(=O)oc3ccc(CC)cc23)CC1. The van der Waals surface area contributed by atoms with E-state index < -0.39 is 0 Å². The van der Waals surface area contributed by atoms with Crippen LogP contribution < -0.4 is 5.63 Å². The quantitative estimate of drug-likeness (QED) is 0.582. The minimum Gasteiger partial charge on any atom is -0.465 e. The number of rotatable bonds is 6. The predicted octanol–water partition coefficient (Wildman–Crippen LogP) is 2.04. The van der Waals surface area contributed by atoms with Gasteiger partial charge in [0.15, 0.2) is 0 Å². The fraction of sp³-hybridized carbons (Fsp3) is 0.500. The summed E-state index contributed by atoms with van der Waals surface area (Å²) in [5, 5.41) is 1.01. The van der Waals surface area contributed by atoms with Crippen molar-refractivity contribution in [2.75, 3.05) is 39.3 Å². The van der Waals surface area contributed by atoms with Gasteiger partial charge in [-0.05, 0) is 36.6 Å². The number of carbonyl (C=O) groups excluding carboxylic acids is 1. The van der Waals surface area contributed by atoms with Gasteiger partial charge in [-0.3, -0.25) is 14.6 Å². The number of hydrogen-bond acceptors (Lipinski definition) is 6. The molecular weight excluding hydrogens is 332 g/mol. The highest BCUT2D eigenvalue weighted by molar-refractivity contribution is 5.81. The van der Waals surface area contributed by atoms with Gasteiger partial charge in [-0.2, -0.15) is 0 Å². The van der Waals surface area contributed by atoms with Gasteiger partial charge in [-0.15, -0.1) is 0 Å². The molecule has 0 radical (unpaired) electrons. The van der Waals surface area contributed by atoms with Crippen LogP contribution in [0.4, 0.5) is 0 Å². The molecule has 26 heavy (non-hydrogen) atoms. The number of piperazine rings is 1. The first-order chi connectivity index (χ1) is 12.6. The smallest absolute Gasteiger partial charge is 0.336 e. The largest absolute Gasteiger partial charge is 0.465 e. The maximum absolute atomic E-state index is 11.9. The summed E-state index contributed by atoms with van der Waals surface area (Å²) in [6.07, 6.45) is 0.945. The average molecular weight is 358 g/mol. The summed E-state index contributed by atoms with van der Waals surface area (Å²) in [5.41, 5.74) is 2.57. The molecule has 0 N–H and O–H groups in total. The zero-order chi connectivity index (χ0) is 18.5. The number of ether oxygens (including phenoxy) is 1. The van der Waals surface area contributed by atoms with Crippen molar-refractivity contribution in [2.24, 2.45) is 0 Å². The highest BCUT2D eigenvalue weighted by Gasteiger charge is 2.20. The van der Waals surface area contributed by atoms with Crippen LogP contribution in [0.5, 0.6) is 0 Å². The first-order valence-corrected chi connectivity index (χ1v) is 9.25. The molecule has 0 aliphatic carbocycles. The van der Waals surface area contributed by atoms with Crippen molar-refractivity contribution in [2.45, 2.75) is 26.8 Å². The molecule has 2 aromatic rings. The van der Waals surface area contributed by atoms with Crippen LogP contribution in [-0.4, -0.2) is 55.1 Å². The van der Waals surface area contributed by atoms with Crippen molar-refractivity contribution in [1.29, 1.82) is 0 Å². The standard InChI is InChI=1S/C20H26N2O4/c1-3-15-5-6-18-17(11-15)16(12-19(23)26-18)13-21-7-9-22(10-8-21)14-20(24)25-4-2/h5-6,11-12H,3-4,7-10,13-14H2,1-2H3. The van der Waals surface area contributed by atoms with E-state index in [-0.39, 0.29) is 11.6 Å². The lowest BCUT2D eigenvalue weighted by molar-refractivity contribution is -0.144. The molecule has 0 amide bonds. The summed E-state index contributed by atoms with van der Waals surface area (Å²) >= 11 is 0. The molecule has 3 rings (SSSR count). The summed E-state index contributed by atoms with van der Waals surface area (Å²) in [5.74, 6) is -0.167. The van der Waals surface area contributed by atoms with Crippen LogP contribution >= 0.6 is 0 Å². The third-order valence-electron chi connectivity index (χ3n) is 4.82. The molecule has 0 spiro atoms. The predicted molar refractivity (Wildman–Crippen MR) is 100 cm³/mol. The molecule has 1 aromatic carbocycles. The summed E-state index contributed by atoms with van der Waals surface area (Å²) in [6, 6.07) is 7.61. The fourth-order valence-electron chi connectivity index (χ4n) is 3.36. The van der Waals surface area contributed by atoms with Gasteiger partial charge >= 0.3 is 11.6 Å². The Hall–Kier alpha value is -2.18. The third-order valence-corrected chi connectivity index (χ3v) is 4.82. The molecule has 140 valence electrons. The number of benzene rings is 1. The maximum Gasteiger partial charge on any atom is 0.336 e. The second kappa shape index (κ2) is 8.47. The Morgan fingerprint density at radius 2 is 1.85 bits per heavy atom. The molecule has 6 nitrogen and oxygen atoms in total. The lowest BCUT2D eigenvalue weighted by Gasteiger charge is -2.34. The first-order valence-electron chi connectivity index (χ1n) is 9.25. The van der Waals surface area contributed by atoms with Crippen molar-refractivity contribution >= 4 is 16.9 Å². The number of nitrogens with zero attached hydrogens (tertiary/aromatic N) is 2. The lowest BCUT2D eigenvalue weighted by atomic mass is 10.0. The monoisotopic (exact) mass is 358 g/mol. The molecule has 0 bridgehead atoms. The Morgan fingerprint density at radius 3 is 2.54 bits per heavy atom. The van der Waals surface area contributed by atoms with Crippen molar-refractivity contribution in [1.82, 2.24) is 9.80 Å². The topological polar surface area (TPSA) is 63.0 Å².